The van der Waals surface area contributed by atoms with E-state index < -0.39 is 0 Å². The Bertz CT molecular complexity index is 1310. The molecule has 0 spiro atoms. The molecule has 2 amide bonds. The van der Waals surface area contributed by atoms with Crippen LogP contribution in [0.5, 0.6) is 0 Å². The first-order chi connectivity index (χ1) is 16.2. The van der Waals surface area contributed by atoms with E-state index in [9.17, 15) is 14.9 Å². The van der Waals surface area contributed by atoms with Crippen molar-refractivity contribution in [3.05, 3.63) is 58.4 Å². The first kappa shape index (κ1) is 23.5. The average molecular weight is 458 g/mol. The van der Waals surface area contributed by atoms with Crippen LogP contribution in [0.2, 0.25) is 0 Å². The molecular formula is C27H31N5O2. The molecule has 4 rings (SSSR count). The summed E-state index contributed by atoms with van der Waals surface area (Å²) in [4.78, 5) is 31.9. The maximum absolute atomic E-state index is 12.9. The number of fused-ring (bicyclic) bond motifs is 1. The number of likely N-dealkylation sites (tertiary alicyclic amines) is 1. The van der Waals surface area contributed by atoms with Crippen molar-refractivity contribution in [2.75, 3.05) is 18.4 Å². The fourth-order valence-electron chi connectivity index (χ4n) is 4.83. The summed E-state index contributed by atoms with van der Waals surface area (Å²) in [5, 5.41) is 13.3. The zero-order valence-electron chi connectivity index (χ0n) is 20.5. The lowest BCUT2D eigenvalue weighted by atomic mass is 9.88. The third kappa shape index (κ3) is 4.28. The molecule has 1 aliphatic rings. The number of amides is 2. The fourth-order valence-corrected chi connectivity index (χ4v) is 4.83. The molecule has 34 heavy (non-hydrogen) atoms. The van der Waals surface area contributed by atoms with Crippen molar-refractivity contribution >= 4 is 28.5 Å². The van der Waals surface area contributed by atoms with Gasteiger partial charge in [-0.05, 0) is 61.4 Å². The van der Waals surface area contributed by atoms with E-state index >= 15 is 0 Å². The number of hydrogen-bond acceptors (Lipinski definition) is 4. The number of nitrogens with one attached hydrogen (secondary N) is 1. The van der Waals surface area contributed by atoms with Crippen LogP contribution in [0.4, 0.5) is 5.69 Å². The second-order valence-electron chi connectivity index (χ2n) is 9.54. The molecule has 1 saturated heterocycles. The third-order valence-corrected chi connectivity index (χ3v) is 6.88. The number of piperidine rings is 1. The number of hydrogen-bond donors (Lipinski definition) is 1. The number of nitriles is 1. The second kappa shape index (κ2) is 9.30. The molecule has 0 unspecified atom stereocenters. The topological polar surface area (TPSA) is 91.0 Å². The number of rotatable bonds is 4. The summed E-state index contributed by atoms with van der Waals surface area (Å²) < 4.78 is 2.04. The van der Waals surface area contributed by atoms with Gasteiger partial charge in [-0.1, -0.05) is 19.9 Å². The Kier molecular flexibility index (Phi) is 6.43. The number of aromatic nitrogens is 2. The molecule has 0 bridgehead atoms. The molecule has 3 aromatic rings. The summed E-state index contributed by atoms with van der Waals surface area (Å²) in [6.45, 7) is 9.27. The predicted molar refractivity (Wildman–Crippen MR) is 133 cm³/mol. The minimum atomic E-state index is -0.265. The van der Waals surface area contributed by atoms with Gasteiger partial charge in [0.15, 0.2) is 0 Å². The summed E-state index contributed by atoms with van der Waals surface area (Å²) in [5.41, 5.74) is 5.51. The molecule has 0 radical (unpaired) electrons. The van der Waals surface area contributed by atoms with E-state index in [1.807, 2.05) is 44.2 Å². The lowest BCUT2D eigenvalue weighted by Gasteiger charge is -2.33. The molecule has 176 valence electrons. The molecule has 1 N–H and O–H groups in total. The summed E-state index contributed by atoms with van der Waals surface area (Å²) in [7, 11) is 1.99. The van der Waals surface area contributed by atoms with E-state index in [4.69, 9.17) is 0 Å². The third-order valence-electron chi connectivity index (χ3n) is 6.88. The Hall–Kier alpha value is -3.66. The molecule has 1 aromatic carbocycles. The highest BCUT2D eigenvalue weighted by atomic mass is 16.2. The maximum atomic E-state index is 12.9. The van der Waals surface area contributed by atoms with Crippen LogP contribution in [0.1, 0.15) is 65.2 Å². The highest BCUT2D eigenvalue weighted by Crippen LogP contribution is 2.37. The Morgan fingerprint density at radius 3 is 2.56 bits per heavy atom. The van der Waals surface area contributed by atoms with Gasteiger partial charge in [-0.15, -0.1) is 0 Å². The van der Waals surface area contributed by atoms with Gasteiger partial charge in [-0.3, -0.25) is 9.59 Å². The van der Waals surface area contributed by atoms with Gasteiger partial charge in [0.05, 0.1) is 23.5 Å². The van der Waals surface area contributed by atoms with Crippen molar-refractivity contribution in [1.29, 1.82) is 5.26 Å². The molecule has 0 atom stereocenters. The van der Waals surface area contributed by atoms with Crippen LogP contribution in [-0.4, -0.2) is 39.4 Å². The first-order valence-corrected chi connectivity index (χ1v) is 11.8. The molecule has 1 aliphatic heterocycles. The monoisotopic (exact) mass is 457 g/mol. The van der Waals surface area contributed by atoms with Crippen LogP contribution in [0, 0.1) is 31.1 Å². The van der Waals surface area contributed by atoms with E-state index in [2.05, 4.69) is 22.6 Å². The summed E-state index contributed by atoms with van der Waals surface area (Å²) in [6, 6.07) is 7.26. The molecule has 0 aliphatic carbocycles. The SMILES string of the molecule is Cc1ccc(C(=O)Nc2cnc3c(c(C4CCN(C(=O)C(C)C)CC4)cn3C)c2C)cc1C#N. The molecule has 0 saturated carbocycles. The number of benzene rings is 1. The van der Waals surface area contributed by atoms with E-state index in [0.717, 1.165) is 48.1 Å². The average Bonchev–Trinajstić information content (AvgIpc) is 3.17. The van der Waals surface area contributed by atoms with Crippen molar-refractivity contribution in [3.63, 3.8) is 0 Å². The number of nitrogens with zero attached hydrogens (tertiary/aromatic N) is 4. The number of aryl methyl sites for hydroxylation is 3. The number of carbonyl (C=O) groups excluding carboxylic acids is 2. The highest BCUT2D eigenvalue weighted by molar-refractivity contribution is 6.06. The van der Waals surface area contributed by atoms with Gasteiger partial charge in [0.2, 0.25) is 5.91 Å². The predicted octanol–water partition coefficient (Wildman–Crippen LogP) is 4.68. The van der Waals surface area contributed by atoms with Gasteiger partial charge < -0.3 is 14.8 Å². The van der Waals surface area contributed by atoms with E-state index in [-0.39, 0.29) is 17.7 Å². The quantitative estimate of drug-likeness (QED) is 0.616. The van der Waals surface area contributed by atoms with Crippen LogP contribution in [0.15, 0.2) is 30.6 Å². The first-order valence-electron chi connectivity index (χ1n) is 11.8. The molecule has 3 heterocycles. The standard InChI is InChI=1S/C27H31N5O2/c1-16(2)27(34)32-10-8-19(9-11-32)22-15-31(5)25-24(22)18(4)23(14-29-25)30-26(33)20-7-6-17(3)21(12-20)13-28/h6-7,12,14-16,19H,8-11H2,1-5H3,(H,30,33). The van der Waals surface area contributed by atoms with Crippen LogP contribution >= 0.6 is 0 Å². The number of carbonyl (C=O) groups is 2. The van der Waals surface area contributed by atoms with Crippen LogP contribution in [-0.2, 0) is 11.8 Å². The Labute approximate surface area is 200 Å². The van der Waals surface area contributed by atoms with Crippen LogP contribution in [0.25, 0.3) is 11.0 Å². The summed E-state index contributed by atoms with van der Waals surface area (Å²) >= 11 is 0. The van der Waals surface area contributed by atoms with Gasteiger partial charge in [-0.2, -0.15) is 5.26 Å². The van der Waals surface area contributed by atoms with E-state index in [1.165, 1.54) is 5.56 Å². The maximum Gasteiger partial charge on any atom is 0.255 e. The van der Waals surface area contributed by atoms with Gasteiger partial charge in [0, 0.05) is 43.2 Å². The van der Waals surface area contributed by atoms with Gasteiger partial charge in [-0.25, -0.2) is 4.98 Å². The lowest BCUT2D eigenvalue weighted by molar-refractivity contribution is -0.135. The van der Waals surface area contributed by atoms with Crippen molar-refractivity contribution < 1.29 is 9.59 Å². The molecule has 7 nitrogen and oxygen atoms in total. The molecule has 2 aromatic heterocycles. The zero-order chi connectivity index (χ0) is 24.6. The van der Waals surface area contributed by atoms with Crippen molar-refractivity contribution in [2.45, 2.75) is 46.5 Å². The van der Waals surface area contributed by atoms with Gasteiger partial charge >= 0.3 is 0 Å². The van der Waals surface area contributed by atoms with Gasteiger partial charge in [0.25, 0.3) is 5.91 Å². The molecular weight excluding hydrogens is 426 g/mol. The van der Waals surface area contributed by atoms with Crippen molar-refractivity contribution in [3.8, 4) is 6.07 Å². The van der Waals surface area contributed by atoms with Crippen molar-refractivity contribution in [1.82, 2.24) is 14.5 Å². The smallest absolute Gasteiger partial charge is 0.255 e. The van der Waals surface area contributed by atoms with Gasteiger partial charge in [0.1, 0.15) is 5.65 Å². The lowest BCUT2D eigenvalue weighted by Crippen LogP contribution is -2.40. The van der Waals surface area contributed by atoms with E-state index in [0.29, 0.717) is 22.7 Å². The fraction of sp³-hybridized carbons (Fsp3) is 0.407. The minimum Gasteiger partial charge on any atom is -0.342 e. The number of pyridine rings is 1. The minimum absolute atomic E-state index is 0.0180. The Morgan fingerprint density at radius 1 is 1.21 bits per heavy atom. The summed E-state index contributed by atoms with van der Waals surface area (Å²) in [5.74, 6) is 0.305. The largest absolute Gasteiger partial charge is 0.342 e. The number of anilines is 1. The highest BCUT2D eigenvalue weighted by Gasteiger charge is 2.28. The normalized spacial score (nSPS) is 14.4. The van der Waals surface area contributed by atoms with Crippen LogP contribution in [0.3, 0.4) is 0 Å². The summed E-state index contributed by atoms with van der Waals surface area (Å²) in [6.07, 6.45) is 5.66. The Morgan fingerprint density at radius 2 is 1.91 bits per heavy atom. The second-order valence-corrected chi connectivity index (χ2v) is 9.54. The molecule has 1 fully saturated rings. The zero-order valence-corrected chi connectivity index (χ0v) is 20.5. The Balaban J connectivity index is 1.61. The van der Waals surface area contributed by atoms with Crippen LogP contribution < -0.4 is 5.32 Å². The van der Waals surface area contributed by atoms with E-state index in [1.54, 1.807) is 24.4 Å². The van der Waals surface area contributed by atoms with Crippen molar-refractivity contribution in [2.24, 2.45) is 13.0 Å². The molecule has 7 heteroatoms.